The van der Waals surface area contributed by atoms with Crippen molar-refractivity contribution in [2.24, 2.45) is 10.1 Å². The van der Waals surface area contributed by atoms with E-state index in [0.29, 0.717) is 11.6 Å². The van der Waals surface area contributed by atoms with Gasteiger partial charge in [-0.05, 0) is 55.2 Å². The smallest absolute Gasteiger partial charge is 0.262 e. The molecule has 3 aromatic rings. The van der Waals surface area contributed by atoms with Crippen LogP contribution in [0.25, 0.3) is 0 Å². The molecule has 7 heteroatoms. The lowest BCUT2D eigenvalue weighted by molar-refractivity contribution is -0.121. The summed E-state index contributed by atoms with van der Waals surface area (Å²) in [4.78, 5) is 29.9. The van der Waals surface area contributed by atoms with Gasteiger partial charge in [-0.1, -0.05) is 78.0 Å². The van der Waals surface area contributed by atoms with E-state index in [4.69, 9.17) is 5.10 Å². The molecule has 2 aliphatic heterocycles. The highest BCUT2D eigenvalue weighted by Gasteiger charge is 2.39. The molecule has 36 heavy (non-hydrogen) atoms. The van der Waals surface area contributed by atoms with Gasteiger partial charge < -0.3 is 5.32 Å². The molecule has 5 rings (SSSR count). The van der Waals surface area contributed by atoms with Crippen LogP contribution in [0.3, 0.4) is 0 Å². The molecule has 0 aliphatic carbocycles. The Kier molecular flexibility index (Phi) is 6.74. The molecule has 3 aromatic carbocycles. The number of thioether (sulfide) groups is 1. The van der Waals surface area contributed by atoms with Gasteiger partial charge in [-0.15, -0.1) is 0 Å². The van der Waals surface area contributed by atoms with Gasteiger partial charge in [0.05, 0.1) is 11.8 Å². The maximum Gasteiger partial charge on any atom is 0.262 e. The first kappa shape index (κ1) is 24.0. The third-order valence-corrected chi connectivity index (χ3v) is 7.71. The summed E-state index contributed by atoms with van der Waals surface area (Å²) in [5.74, 6) is -0.498. The highest BCUT2D eigenvalue weighted by Crippen LogP contribution is 2.38. The van der Waals surface area contributed by atoms with Crippen LogP contribution in [-0.4, -0.2) is 33.0 Å². The molecule has 2 amide bonds. The van der Waals surface area contributed by atoms with E-state index in [1.165, 1.54) is 17.3 Å². The molecule has 0 bridgehead atoms. The van der Waals surface area contributed by atoms with Crippen molar-refractivity contribution < 1.29 is 9.59 Å². The molecule has 2 aliphatic rings. The Morgan fingerprint density at radius 1 is 1.00 bits per heavy atom. The fraction of sp³-hybridized carbons (Fsp3) is 0.241. The van der Waals surface area contributed by atoms with Crippen molar-refractivity contribution in [2.75, 3.05) is 5.32 Å². The summed E-state index contributed by atoms with van der Waals surface area (Å²) < 4.78 is 0. The number of anilines is 1. The summed E-state index contributed by atoms with van der Waals surface area (Å²) in [7, 11) is 0. The third kappa shape index (κ3) is 5.11. The molecular formula is C29H28N4O2S. The molecule has 1 N–H and O–H groups in total. The summed E-state index contributed by atoms with van der Waals surface area (Å²) in [5.41, 5.74) is 7.30. The van der Waals surface area contributed by atoms with Gasteiger partial charge in [-0.2, -0.15) is 10.1 Å². The molecule has 2 heterocycles. The molecule has 0 spiro atoms. The predicted octanol–water partition coefficient (Wildman–Crippen LogP) is 5.79. The second-order valence-corrected chi connectivity index (χ2v) is 10.4. The van der Waals surface area contributed by atoms with Gasteiger partial charge in [0.1, 0.15) is 5.25 Å². The molecule has 0 fully saturated rings. The monoisotopic (exact) mass is 496 g/mol. The van der Waals surface area contributed by atoms with Gasteiger partial charge in [0.25, 0.3) is 5.91 Å². The normalized spacial score (nSPS) is 19.3. The number of aliphatic imine (C=N–C) groups is 1. The third-order valence-electron chi connectivity index (χ3n) is 6.57. The van der Waals surface area contributed by atoms with Gasteiger partial charge in [-0.3, -0.25) is 9.59 Å². The molecule has 0 saturated heterocycles. The Labute approximate surface area is 215 Å². The second-order valence-electron chi connectivity index (χ2n) is 9.28. The zero-order valence-corrected chi connectivity index (χ0v) is 21.4. The summed E-state index contributed by atoms with van der Waals surface area (Å²) in [5, 5.41) is 9.65. The standard InChI is InChI=1S/C29H28N4O2S/c1-18-9-12-22(13-10-18)25-16-24(21-7-5-4-6-8-21)32-33(25)29-31-28(35)26(36-29)17-27(34)30-23-14-11-19(2)20(3)15-23/h4-15,25-26H,16-17H2,1-3H3,(H,30,34)/t25-,26+/m1/s1. The number of hydrazone groups is 1. The molecule has 0 radical (unpaired) electrons. The average molecular weight is 497 g/mol. The Morgan fingerprint density at radius 2 is 1.75 bits per heavy atom. The number of carbonyl (C=O) groups excluding carboxylic acids is 2. The van der Waals surface area contributed by atoms with Crippen molar-refractivity contribution in [2.45, 2.75) is 44.9 Å². The first-order valence-electron chi connectivity index (χ1n) is 12.0. The number of carbonyl (C=O) groups is 2. The van der Waals surface area contributed by atoms with Gasteiger partial charge in [0.2, 0.25) is 5.91 Å². The minimum atomic E-state index is -0.568. The van der Waals surface area contributed by atoms with Crippen LogP contribution in [0.15, 0.2) is 82.9 Å². The molecule has 6 nitrogen and oxygen atoms in total. The lowest BCUT2D eigenvalue weighted by atomic mass is 9.98. The fourth-order valence-corrected chi connectivity index (χ4v) is 5.41. The summed E-state index contributed by atoms with van der Waals surface area (Å²) in [6.45, 7) is 6.10. The lowest BCUT2D eigenvalue weighted by Gasteiger charge is -2.23. The van der Waals surface area contributed by atoms with Crippen LogP contribution in [0.5, 0.6) is 0 Å². The first-order valence-corrected chi connectivity index (χ1v) is 12.9. The minimum Gasteiger partial charge on any atom is -0.326 e. The Hall–Kier alpha value is -3.71. The Morgan fingerprint density at radius 3 is 2.47 bits per heavy atom. The fourth-order valence-electron chi connectivity index (χ4n) is 4.34. The number of amidine groups is 1. The van der Waals surface area contributed by atoms with Crippen LogP contribution in [0, 0.1) is 20.8 Å². The van der Waals surface area contributed by atoms with Crippen molar-refractivity contribution in [3.8, 4) is 0 Å². The number of nitrogens with zero attached hydrogens (tertiary/aromatic N) is 3. The summed E-state index contributed by atoms with van der Waals surface area (Å²) >= 11 is 1.32. The van der Waals surface area contributed by atoms with E-state index in [-0.39, 0.29) is 24.3 Å². The number of nitrogens with one attached hydrogen (secondary N) is 1. The molecule has 0 unspecified atom stereocenters. The topological polar surface area (TPSA) is 74.1 Å². The quantitative estimate of drug-likeness (QED) is 0.485. The lowest BCUT2D eigenvalue weighted by Crippen LogP contribution is -2.25. The van der Waals surface area contributed by atoms with E-state index < -0.39 is 5.25 Å². The molecular weight excluding hydrogens is 468 g/mol. The van der Waals surface area contributed by atoms with E-state index in [1.807, 2.05) is 67.4 Å². The van der Waals surface area contributed by atoms with Crippen molar-refractivity contribution in [1.82, 2.24) is 5.01 Å². The van der Waals surface area contributed by atoms with Gasteiger partial charge in [0, 0.05) is 18.5 Å². The predicted molar refractivity (Wildman–Crippen MR) is 146 cm³/mol. The van der Waals surface area contributed by atoms with Crippen LogP contribution in [0.1, 0.15) is 46.7 Å². The van der Waals surface area contributed by atoms with E-state index in [2.05, 4.69) is 41.5 Å². The number of benzene rings is 3. The van der Waals surface area contributed by atoms with Gasteiger partial charge in [-0.25, -0.2) is 5.01 Å². The summed E-state index contributed by atoms with van der Waals surface area (Å²) in [6.07, 6.45) is 0.764. The second kappa shape index (κ2) is 10.1. The Bertz CT molecular complexity index is 1370. The molecule has 182 valence electrons. The van der Waals surface area contributed by atoms with Gasteiger partial charge >= 0.3 is 0 Å². The number of amides is 2. The SMILES string of the molecule is Cc1ccc([C@H]2CC(c3ccccc3)=NN2C2=NC(=O)[C@H](CC(=O)Nc3ccc(C)c(C)c3)S2)cc1. The van der Waals surface area contributed by atoms with Crippen LogP contribution in [-0.2, 0) is 9.59 Å². The van der Waals surface area contributed by atoms with Crippen LogP contribution in [0.2, 0.25) is 0 Å². The number of rotatable bonds is 5. The van der Waals surface area contributed by atoms with E-state index >= 15 is 0 Å². The highest BCUT2D eigenvalue weighted by molar-refractivity contribution is 8.15. The Balaban J connectivity index is 1.33. The van der Waals surface area contributed by atoms with Crippen molar-refractivity contribution in [3.05, 3.63) is 101 Å². The van der Waals surface area contributed by atoms with E-state index in [1.54, 1.807) is 0 Å². The van der Waals surface area contributed by atoms with Crippen molar-refractivity contribution in [1.29, 1.82) is 0 Å². The maximum atomic E-state index is 12.8. The van der Waals surface area contributed by atoms with E-state index in [9.17, 15) is 9.59 Å². The summed E-state index contributed by atoms with van der Waals surface area (Å²) in [6, 6.07) is 24.2. The average Bonchev–Trinajstić information content (AvgIpc) is 3.46. The zero-order valence-electron chi connectivity index (χ0n) is 20.6. The van der Waals surface area contributed by atoms with Crippen LogP contribution >= 0.6 is 11.8 Å². The van der Waals surface area contributed by atoms with Crippen molar-refractivity contribution in [3.63, 3.8) is 0 Å². The largest absolute Gasteiger partial charge is 0.326 e. The maximum absolute atomic E-state index is 12.8. The highest BCUT2D eigenvalue weighted by atomic mass is 32.2. The number of aryl methyl sites for hydroxylation is 3. The van der Waals surface area contributed by atoms with E-state index in [0.717, 1.165) is 33.7 Å². The minimum absolute atomic E-state index is 0.0573. The van der Waals surface area contributed by atoms with Crippen LogP contribution in [0.4, 0.5) is 5.69 Å². The van der Waals surface area contributed by atoms with Crippen LogP contribution < -0.4 is 5.32 Å². The number of hydrogen-bond acceptors (Lipinski definition) is 5. The molecule has 0 aromatic heterocycles. The zero-order chi connectivity index (χ0) is 25.2. The van der Waals surface area contributed by atoms with Gasteiger partial charge in [0.15, 0.2) is 5.17 Å². The number of hydrogen-bond donors (Lipinski definition) is 1. The molecule has 0 saturated carbocycles. The first-order chi connectivity index (χ1) is 17.4. The van der Waals surface area contributed by atoms with Crippen molar-refractivity contribution >= 4 is 40.1 Å². The molecule has 2 atom stereocenters.